The van der Waals surface area contributed by atoms with Crippen molar-refractivity contribution in [1.82, 2.24) is 9.80 Å². The molecule has 1 N–H and O–H groups in total. The molecule has 0 bridgehead atoms. The lowest BCUT2D eigenvalue weighted by atomic mass is 10.2. The van der Waals surface area contributed by atoms with Crippen molar-refractivity contribution >= 4 is 11.6 Å². The Morgan fingerprint density at radius 1 is 0.893 bits per heavy atom. The van der Waals surface area contributed by atoms with E-state index in [9.17, 15) is 4.79 Å². The molecule has 1 aliphatic carbocycles. The third-order valence-corrected chi connectivity index (χ3v) is 5.73. The number of rotatable bonds is 6. The second-order valence-electron chi connectivity index (χ2n) is 7.74. The lowest BCUT2D eigenvalue weighted by Gasteiger charge is -2.37. The smallest absolute Gasteiger partial charge is 0.238 e. The van der Waals surface area contributed by atoms with Crippen LogP contribution in [0.4, 0.5) is 5.69 Å². The quantitative estimate of drug-likeness (QED) is 0.825. The fraction of sp³-hybridized carbons (Fsp3) is 0.435. The van der Waals surface area contributed by atoms with Crippen LogP contribution in [-0.2, 0) is 4.79 Å². The maximum Gasteiger partial charge on any atom is 0.238 e. The van der Waals surface area contributed by atoms with E-state index in [1.165, 1.54) is 25.7 Å². The summed E-state index contributed by atoms with van der Waals surface area (Å²) in [6.45, 7) is 4.59. The van der Waals surface area contributed by atoms with Crippen LogP contribution >= 0.6 is 0 Å². The Morgan fingerprint density at radius 2 is 1.54 bits per heavy atom. The van der Waals surface area contributed by atoms with Gasteiger partial charge in [-0.2, -0.15) is 0 Å². The topological polar surface area (TPSA) is 44.8 Å². The number of hydrogen-bond donors (Lipinski definition) is 1. The molecule has 4 rings (SSSR count). The lowest BCUT2D eigenvalue weighted by Crippen LogP contribution is -2.51. The molecule has 1 aliphatic heterocycles. The summed E-state index contributed by atoms with van der Waals surface area (Å²) < 4.78 is 5.79. The summed E-state index contributed by atoms with van der Waals surface area (Å²) >= 11 is 0. The molecule has 0 radical (unpaired) electrons. The van der Waals surface area contributed by atoms with Gasteiger partial charge in [0, 0.05) is 37.9 Å². The molecule has 2 aliphatic rings. The average molecular weight is 380 g/mol. The molecule has 0 atom stereocenters. The molecule has 0 spiro atoms. The van der Waals surface area contributed by atoms with Crippen LogP contribution in [0.3, 0.4) is 0 Å². The summed E-state index contributed by atoms with van der Waals surface area (Å²) in [5, 5.41) is 3.00. The Balaban J connectivity index is 1.22. The van der Waals surface area contributed by atoms with E-state index in [4.69, 9.17) is 4.74 Å². The van der Waals surface area contributed by atoms with Crippen molar-refractivity contribution in [2.45, 2.75) is 31.7 Å². The van der Waals surface area contributed by atoms with Crippen molar-refractivity contribution < 1.29 is 9.53 Å². The molecule has 0 aromatic heterocycles. The molecular formula is C23H29N3O2. The predicted molar refractivity (Wildman–Crippen MR) is 112 cm³/mol. The maximum absolute atomic E-state index is 12.4. The molecule has 2 aromatic rings. The van der Waals surface area contributed by atoms with E-state index in [1.54, 1.807) is 0 Å². The largest absolute Gasteiger partial charge is 0.457 e. The zero-order valence-corrected chi connectivity index (χ0v) is 16.3. The van der Waals surface area contributed by atoms with Gasteiger partial charge in [0.2, 0.25) is 5.91 Å². The highest BCUT2D eigenvalue weighted by Crippen LogP contribution is 2.25. The summed E-state index contributed by atoms with van der Waals surface area (Å²) in [4.78, 5) is 17.3. The van der Waals surface area contributed by atoms with Crippen molar-refractivity contribution in [1.29, 1.82) is 0 Å². The first-order valence-corrected chi connectivity index (χ1v) is 10.4. The highest BCUT2D eigenvalue weighted by molar-refractivity contribution is 5.92. The number of ether oxygens (including phenoxy) is 1. The summed E-state index contributed by atoms with van der Waals surface area (Å²) in [6, 6.07) is 18.0. The minimum atomic E-state index is 0.0473. The van der Waals surface area contributed by atoms with Gasteiger partial charge in [0.1, 0.15) is 11.5 Å². The van der Waals surface area contributed by atoms with Crippen LogP contribution in [0.1, 0.15) is 25.7 Å². The summed E-state index contributed by atoms with van der Waals surface area (Å²) in [5.41, 5.74) is 0.801. The number of para-hydroxylation sites is 1. The van der Waals surface area contributed by atoms with Crippen molar-refractivity contribution in [2.75, 3.05) is 38.0 Å². The number of hydrogen-bond acceptors (Lipinski definition) is 4. The number of piperazine rings is 1. The minimum absolute atomic E-state index is 0.0473. The van der Waals surface area contributed by atoms with Crippen LogP contribution in [0.15, 0.2) is 54.6 Å². The van der Waals surface area contributed by atoms with Crippen molar-refractivity contribution in [3.63, 3.8) is 0 Å². The molecular weight excluding hydrogens is 350 g/mol. The number of carbonyl (C=O) groups is 1. The Morgan fingerprint density at radius 3 is 2.21 bits per heavy atom. The molecule has 0 unspecified atom stereocenters. The van der Waals surface area contributed by atoms with E-state index in [-0.39, 0.29) is 5.91 Å². The molecule has 2 aromatic carbocycles. The fourth-order valence-corrected chi connectivity index (χ4v) is 4.19. The van der Waals surface area contributed by atoms with E-state index in [1.807, 2.05) is 54.6 Å². The van der Waals surface area contributed by atoms with Gasteiger partial charge in [-0.15, -0.1) is 0 Å². The third-order valence-electron chi connectivity index (χ3n) is 5.73. The molecule has 1 heterocycles. The number of amides is 1. The highest BCUT2D eigenvalue weighted by Gasteiger charge is 2.26. The highest BCUT2D eigenvalue weighted by atomic mass is 16.5. The average Bonchev–Trinajstić information content (AvgIpc) is 3.26. The second-order valence-corrected chi connectivity index (χ2v) is 7.74. The van der Waals surface area contributed by atoms with Crippen LogP contribution in [-0.4, -0.2) is 54.5 Å². The maximum atomic E-state index is 12.4. The number of nitrogens with one attached hydrogen (secondary N) is 1. The monoisotopic (exact) mass is 379 g/mol. The molecule has 1 amide bonds. The van der Waals surface area contributed by atoms with Gasteiger partial charge in [-0.1, -0.05) is 31.0 Å². The number of nitrogens with zero attached hydrogens (tertiary/aromatic N) is 2. The van der Waals surface area contributed by atoms with Gasteiger partial charge in [0.15, 0.2) is 0 Å². The third kappa shape index (κ3) is 5.12. The molecule has 1 saturated carbocycles. The van der Waals surface area contributed by atoms with Crippen molar-refractivity contribution in [3.8, 4) is 11.5 Å². The molecule has 148 valence electrons. The van der Waals surface area contributed by atoms with Gasteiger partial charge in [-0.05, 0) is 49.2 Å². The van der Waals surface area contributed by atoms with Gasteiger partial charge in [0.25, 0.3) is 0 Å². The lowest BCUT2D eigenvalue weighted by molar-refractivity contribution is -0.117. The molecule has 28 heavy (non-hydrogen) atoms. The zero-order chi connectivity index (χ0) is 19.2. The second kappa shape index (κ2) is 9.22. The molecule has 5 heteroatoms. The zero-order valence-electron chi connectivity index (χ0n) is 16.3. The SMILES string of the molecule is O=C(CN1CCN(C2CCCC2)CC1)Nc1ccc(Oc2ccccc2)cc1. The van der Waals surface area contributed by atoms with E-state index >= 15 is 0 Å². The summed E-state index contributed by atoms with van der Waals surface area (Å²) in [7, 11) is 0. The van der Waals surface area contributed by atoms with E-state index in [0.29, 0.717) is 6.54 Å². The van der Waals surface area contributed by atoms with E-state index in [2.05, 4.69) is 15.1 Å². The van der Waals surface area contributed by atoms with Gasteiger partial charge in [0.05, 0.1) is 6.54 Å². The standard InChI is InChI=1S/C23H29N3O2/c27-23(18-25-14-16-26(17-15-25)20-6-4-5-7-20)24-19-10-12-22(13-11-19)28-21-8-2-1-3-9-21/h1-3,8-13,20H,4-7,14-18H2,(H,24,27). The Kier molecular flexibility index (Phi) is 6.24. The Labute approximate surface area is 167 Å². The molecule has 2 fully saturated rings. The molecule has 5 nitrogen and oxygen atoms in total. The number of anilines is 1. The van der Waals surface area contributed by atoms with Crippen LogP contribution in [0, 0.1) is 0 Å². The van der Waals surface area contributed by atoms with E-state index < -0.39 is 0 Å². The molecule has 1 saturated heterocycles. The Hall–Kier alpha value is -2.37. The normalized spacial score (nSPS) is 18.9. The van der Waals surface area contributed by atoms with Crippen molar-refractivity contribution in [2.24, 2.45) is 0 Å². The van der Waals surface area contributed by atoms with Crippen LogP contribution in [0.2, 0.25) is 0 Å². The predicted octanol–water partition coefficient (Wildman–Crippen LogP) is 3.98. The van der Waals surface area contributed by atoms with E-state index in [0.717, 1.165) is 49.4 Å². The van der Waals surface area contributed by atoms with Gasteiger partial charge in [-0.3, -0.25) is 14.6 Å². The van der Waals surface area contributed by atoms with Crippen LogP contribution < -0.4 is 10.1 Å². The fourth-order valence-electron chi connectivity index (χ4n) is 4.19. The van der Waals surface area contributed by atoms with Gasteiger partial charge >= 0.3 is 0 Å². The van der Waals surface area contributed by atoms with Crippen LogP contribution in [0.25, 0.3) is 0 Å². The summed E-state index contributed by atoms with van der Waals surface area (Å²) in [5.74, 6) is 1.61. The Bertz CT molecular complexity index is 749. The van der Waals surface area contributed by atoms with Gasteiger partial charge in [-0.25, -0.2) is 0 Å². The van der Waals surface area contributed by atoms with Crippen molar-refractivity contribution in [3.05, 3.63) is 54.6 Å². The first kappa shape index (κ1) is 19.0. The van der Waals surface area contributed by atoms with Gasteiger partial charge < -0.3 is 10.1 Å². The summed E-state index contributed by atoms with van der Waals surface area (Å²) in [6.07, 6.45) is 5.46. The number of carbonyl (C=O) groups excluding carboxylic acids is 1. The van der Waals surface area contributed by atoms with Crippen LogP contribution in [0.5, 0.6) is 11.5 Å². The number of benzene rings is 2. The first-order valence-electron chi connectivity index (χ1n) is 10.4. The minimum Gasteiger partial charge on any atom is -0.457 e. The first-order chi connectivity index (χ1) is 13.8.